The number of ether oxygens (including phenoxy) is 2. The largest absolute Gasteiger partial charge is 0.399 e. The first-order chi connectivity index (χ1) is 9.14. The van der Waals surface area contributed by atoms with Crippen molar-refractivity contribution in [2.45, 2.75) is 51.1 Å². The Kier molecular flexibility index (Phi) is 4.45. The smallest absolute Gasteiger partial charge is 0.168 e. The van der Waals surface area contributed by atoms with Gasteiger partial charge in [-0.2, -0.15) is 0 Å². The zero-order valence-electron chi connectivity index (χ0n) is 11.6. The molecule has 0 spiro atoms. The summed E-state index contributed by atoms with van der Waals surface area (Å²) in [6, 6.07) is 7.75. The van der Waals surface area contributed by atoms with Crippen LogP contribution >= 0.6 is 0 Å². The molecule has 0 saturated carbocycles. The van der Waals surface area contributed by atoms with Gasteiger partial charge in [0.05, 0.1) is 12.7 Å². The fourth-order valence-corrected chi connectivity index (χ4v) is 2.58. The lowest BCUT2D eigenvalue weighted by atomic mass is 10.0. The molecule has 106 valence electrons. The number of aliphatic hydroxyl groups is 1. The van der Waals surface area contributed by atoms with Gasteiger partial charge in [0.15, 0.2) is 5.79 Å². The Morgan fingerprint density at radius 1 is 1.16 bits per heavy atom. The quantitative estimate of drug-likeness (QED) is 0.800. The summed E-state index contributed by atoms with van der Waals surface area (Å²) in [6.07, 6.45) is 1.80. The highest BCUT2D eigenvalue weighted by Gasteiger charge is 2.44. The van der Waals surface area contributed by atoms with E-state index in [4.69, 9.17) is 15.2 Å². The van der Waals surface area contributed by atoms with E-state index in [1.165, 1.54) is 0 Å². The van der Waals surface area contributed by atoms with E-state index in [0.29, 0.717) is 6.42 Å². The summed E-state index contributed by atoms with van der Waals surface area (Å²) in [5.74, 6) is -0.554. The molecule has 3 N–H and O–H groups in total. The number of aliphatic hydroxyl groups excluding tert-OH is 1. The number of benzene rings is 1. The molecule has 1 aliphatic heterocycles. The van der Waals surface area contributed by atoms with Gasteiger partial charge < -0.3 is 20.3 Å². The van der Waals surface area contributed by atoms with Crippen LogP contribution < -0.4 is 5.73 Å². The number of anilines is 1. The molecule has 4 heteroatoms. The Bertz CT molecular complexity index is 418. The number of nitrogen functional groups attached to an aromatic ring is 1. The number of hydrogen-bond acceptors (Lipinski definition) is 4. The molecule has 1 unspecified atom stereocenters. The molecular formula is C15H23NO3. The molecular weight excluding hydrogens is 242 g/mol. The van der Waals surface area contributed by atoms with E-state index in [9.17, 15) is 5.11 Å². The second-order valence-corrected chi connectivity index (χ2v) is 5.02. The molecule has 0 aromatic heterocycles. The molecule has 0 amide bonds. The maximum absolute atomic E-state index is 9.47. The van der Waals surface area contributed by atoms with Crippen LogP contribution in [0.2, 0.25) is 0 Å². The third-order valence-electron chi connectivity index (χ3n) is 3.88. The predicted molar refractivity (Wildman–Crippen MR) is 74.7 cm³/mol. The molecule has 4 nitrogen and oxygen atoms in total. The Hall–Kier alpha value is -1.10. The zero-order chi connectivity index (χ0) is 13.9. The van der Waals surface area contributed by atoms with Crippen molar-refractivity contribution in [3.8, 4) is 0 Å². The first-order valence-electron chi connectivity index (χ1n) is 6.94. The summed E-state index contributed by atoms with van der Waals surface area (Å²) >= 11 is 0. The highest BCUT2D eigenvalue weighted by Crippen LogP contribution is 2.36. The summed E-state index contributed by atoms with van der Waals surface area (Å²) in [4.78, 5) is 0. The number of rotatable bonds is 5. The van der Waals surface area contributed by atoms with E-state index in [-0.39, 0.29) is 18.8 Å². The molecule has 1 fully saturated rings. The van der Waals surface area contributed by atoms with E-state index in [1.54, 1.807) is 0 Å². The molecule has 1 aromatic rings. The van der Waals surface area contributed by atoms with Crippen LogP contribution in [0, 0.1) is 0 Å². The van der Waals surface area contributed by atoms with Gasteiger partial charge >= 0.3 is 0 Å². The van der Waals surface area contributed by atoms with Gasteiger partial charge in [-0.05, 0) is 24.5 Å². The fraction of sp³-hybridized carbons (Fsp3) is 0.600. The third kappa shape index (κ3) is 2.91. The minimum Gasteiger partial charge on any atom is -0.399 e. The molecule has 1 saturated heterocycles. The second kappa shape index (κ2) is 5.90. The average Bonchev–Trinajstić information content (AvgIpc) is 2.80. The summed E-state index contributed by atoms with van der Waals surface area (Å²) in [5, 5.41) is 9.47. The summed E-state index contributed by atoms with van der Waals surface area (Å²) < 4.78 is 12.0. The summed E-state index contributed by atoms with van der Waals surface area (Å²) in [5.41, 5.74) is 7.76. The highest BCUT2D eigenvalue weighted by atomic mass is 16.8. The van der Waals surface area contributed by atoms with Crippen LogP contribution in [0.3, 0.4) is 0 Å². The highest BCUT2D eigenvalue weighted by molar-refractivity contribution is 5.46. The van der Waals surface area contributed by atoms with Gasteiger partial charge in [0.1, 0.15) is 6.10 Å². The van der Waals surface area contributed by atoms with E-state index in [0.717, 1.165) is 24.1 Å². The second-order valence-electron chi connectivity index (χ2n) is 5.02. The standard InChI is InChI=1S/C15H23NO3/c1-3-15(4-2)18-13(14(10-17)19-15)9-11-7-5-6-8-12(11)16/h5-8,13-14,17H,3-4,9-10,16H2,1-2H3/t13?,14-/m0/s1. The van der Waals surface area contributed by atoms with Gasteiger partial charge in [-0.1, -0.05) is 32.0 Å². The lowest BCUT2D eigenvalue weighted by Crippen LogP contribution is -2.29. The topological polar surface area (TPSA) is 64.7 Å². The molecule has 1 aliphatic rings. The van der Waals surface area contributed by atoms with Crippen LogP contribution in [0.5, 0.6) is 0 Å². The van der Waals surface area contributed by atoms with Crippen LogP contribution in [0.1, 0.15) is 32.3 Å². The van der Waals surface area contributed by atoms with Crippen molar-refractivity contribution >= 4 is 5.69 Å². The van der Waals surface area contributed by atoms with Gasteiger partial charge in [-0.25, -0.2) is 0 Å². The fourth-order valence-electron chi connectivity index (χ4n) is 2.58. The normalized spacial score (nSPS) is 25.6. The van der Waals surface area contributed by atoms with E-state index in [2.05, 4.69) is 0 Å². The van der Waals surface area contributed by atoms with Crippen LogP contribution in [0.15, 0.2) is 24.3 Å². The van der Waals surface area contributed by atoms with Crippen molar-refractivity contribution in [1.29, 1.82) is 0 Å². The molecule has 0 aliphatic carbocycles. The molecule has 1 aromatic carbocycles. The Morgan fingerprint density at radius 3 is 2.37 bits per heavy atom. The molecule has 0 radical (unpaired) electrons. The predicted octanol–water partition coefficient (Wildman–Crippen LogP) is 2.10. The Balaban J connectivity index is 2.13. The summed E-state index contributed by atoms with van der Waals surface area (Å²) in [6.45, 7) is 4.05. The van der Waals surface area contributed by atoms with Gasteiger partial charge in [-0.3, -0.25) is 0 Å². The maximum Gasteiger partial charge on any atom is 0.168 e. The Morgan fingerprint density at radius 2 is 1.79 bits per heavy atom. The summed E-state index contributed by atoms with van der Waals surface area (Å²) in [7, 11) is 0. The van der Waals surface area contributed by atoms with E-state index >= 15 is 0 Å². The first kappa shape index (κ1) is 14.3. The number of hydrogen-bond donors (Lipinski definition) is 2. The molecule has 0 bridgehead atoms. The van der Waals surface area contributed by atoms with Crippen LogP contribution in [0.4, 0.5) is 5.69 Å². The molecule has 2 atom stereocenters. The number of para-hydroxylation sites is 1. The van der Waals surface area contributed by atoms with Gasteiger partial charge in [0.25, 0.3) is 0 Å². The van der Waals surface area contributed by atoms with Crippen LogP contribution in [0.25, 0.3) is 0 Å². The minimum absolute atomic E-state index is 0.0286. The maximum atomic E-state index is 9.47. The van der Waals surface area contributed by atoms with Crippen molar-refractivity contribution in [2.24, 2.45) is 0 Å². The van der Waals surface area contributed by atoms with Crippen molar-refractivity contribution < 1.29 is 14.6 Å². The lowest BCUT2D eigenvalue weighted by molar-refractivity contribution is -0.181. The average molecular weight is 265 g/mol. The van der Waals surface area contributed by atoms with Crippen molar-refractivity contribution in [3.05, 3.63) is 29.8 Å². The van der Waals surface area contributed by atoms with Gasteiger partial charge in [-0.15, -0.1) is 0 Å². The van der Waals surface area contributed by atoms with Gasteiger partial charge in [0.2, 0.25) is 0 Å². The van der Waals surface area contributed by atoms with Crippen molar-refractivity contribution in [1.82, 2.24) is 0 Å². The van der Waals surface area contributed by atoms with Crippen LogP contribution in [-0.4, -0.2) is 29.7 Å². The van der Waals surface area contributed by atoms with Crippen molar-refractivity contribution in [3.63, 3.8) is 0 Å². The minimum atomic E-state index is -0.554. The van der Waals surface area contributed by atoms with Crippen molar-refractivity contribution in [2.75, 3.05) is 12.3 Å². The van der Waals surface area contributed by atoms with Crippen LogP contribution in [-0.2, 0) is 15.9 Å². The Labute approximate surface area is 114 Å². The van der Waals surface area contributed by atoms with E-state index in [1.807, 2.05) is 38.1 Å². The number of nitrogens with two attached hydrogens (primary N) is 1. The zero-order valence-corrected chi connectivity index (χ0v) is 11.6. The molecule has 19 heavy (non-hydrogen) atoms. The SMILES string of the molecule is CCC1(CC)OC(Cc2ccccc2N)[C@H](CO)O1. The molecule has 1 heterocycles. The van der Waals surface area contributed by atoms with Gasteiger partial charge in [0, 0.05) is 12.1 Å². The molecule has 2 rings (SSSR count). The van der Waals surface area contributed by atoms with E-state index < -0.39 is 5.79 Å². The first-order valence-corrected chi connectivity index (χ1v) is 6.94. The monoisotopic (exact) mass is 265 g/mol. The lowest BCUT2D eigenvalue weighted by Gasteiger charge is -2.25. The third-order valence-corrected chi connectivity index (χ3v) is 3.88.